The lowest BCUT2D eigenvalue weighted by atomic mass is 10.0. The maximum absolute atomic E-state index is 13.8. The number of rotatable bonds is 5. The third kappa shape index (κ3) is 3.67. The quantitative estimate of drug-likeness (QED) is 0.653. The molecule has 0 unspecified atom stereocenters. The summed E-state index contributed by atoms with van der Waals surface area (Å²) in [6.45, 7) is 3.04. The number of nitrogens with one attached hydrogen (secondary N) is 1. The van der Waals surface area contributed by atoms with Crippen LogP contribution in [0.2, 0.25) is 0 Å². The molecule has 1 fully saturated rings. The average molecular weight is 445 g/mol. The zero-order valence-corrected chi connectivity index (χ0v) is 19.0. The van der Waals surface area contributed by atoms with E-state index in [-0.39, 0.29) is 23.9 Å². The molecule has 5 rings (SSSR count). The number of imidazole rings is 1. The molecular formula is C26H28N4O3. The Bertz CT molecular complexity index is 1190. The number of para-hydroxylation sites is 1. The first-order valence-corrected chi connectivity index (χ1v) is 11.5. The van der Waals surface area contributed by atoms with Crippen LogP contribution in [0.25, 0.3) is 11.4 Å². The van der Waals surface area contributed by atoms with Gasteiger partial charge in [-0.15, -0.1) is 0 Å². The van der Waals surface area contributed by atoms with E-state index >= 15 is 0 Å². The van der Waals surface area contributed by atoms with Crippen LogP contribution in [0.3, 0.4) is 0 Å². The van der Waals surface area contributed by atoms with Gasteiger partial charge in [0.1, 0.15) is 17.3 Å². The predicted molar refractivity (Wildman–Crippen MR) is 125 cm³/mol. The number of fused-ring (bicyclic) bond motifs is 3. The lowest BCUT2D eigenvalue weighted by Crippen LogP contribution is -2.42. The van der Waals surface area contributed by atoms with Gasteiger partial charge in [-0.3, -0.25) is 9.59 Å². The lowest BCUT2D eigenvalue weighted by molar-refractivity contribution is 0.0662. The summed E-state index contributed by atoms with van der Waals surface area (Å²) in [6, 6.07) is 17.4. The van der Waals surface area contributed by atoms with Gasteiger partial charge in [0.25, 0.3) is 11.8 Å². The maximum atomic E-state index is 13.8. The highest BCUT2D eigenvalue weighted by atomic mass is 16.5. The van der Waals surface area contributed by atoms with E-state index < -0.39 is 0 Å². The molecule has 2 amide bonds. The number of hydrogen-bond acceptors (Lipinski definition) is 4. The number of hydrogen-bond donors (Lipinski definition) is 1. The van der Waals surface area contributed by atoms with Crippen LogP contribution in [-0.2, 0) is 13.0 Å². The van der Waals surface area contributed by atoms with Gasteiger partial charge in [-0.05, 0) is 31.9 Å². The second-order valence-corrected chi connectivity index (χ2v) is 8.52. The largest absolute Gasteiger partial charge is 0.493 e. The summed E-state index contributed by atoms with van der Waals surface area (Å²) in [5, 5.41) is 2.73. The van der Waals surface area contributed by atoms with Crippen molar-refractivity contribution in [3.63, 3.8) is 0 Å². The molecule has 2 aromatic carbocycles. The highest BCUT2D eigenvalue weighted by Crippen LogP contribution is 2.37. The van der Waals surface area contributed by atoms with Crippen LogP contribution in [0.5, 0.6) is 5.75 Å². The van der Waals surface area contributed by atoms with Gasteiger partial charge in [0.05, 0.1) is 23.9 Å². The van der Waals surface area contributed by atoms with E-state index in [2.05, 4.69) is 9.88 Å². The van der Waals surface area contributed by atoms with Gasteiger partial charge in [-0.1, -0.05) is 42.5 Å². The Morgan fingerprint density at radius 2 is 1.79 bits per heavy atom. The summed E-state index contributed by atoms with van der Waals surface area (Å²) in [6.07, 6.45) is 2.43. The molecule has 2 aliphatic heterocycles. The Morgan fingerprint density at radius 1 is 1.06 bits per heavy atom. The zero-order chi connectivity index (χ0) is 22.9. The van der Waals surface area contributed by atoms with E-state index in [1.807, 2.05) is 66.4 Å². The second kappa shape index (κ2) is 8.73. The van der Waals surface area contributed by atoms with Crippen molar-refractivity contribution < 1.29 is 14.3 Å². The topological polar surface area (TPSA) is 76.5 Å². The Labute approximate surface area is 193 Å². The Morgan fingerprint density at radius 3 is 2.55 bits per heavy atom. The molecule has 0 spiro atoms. The molecule has 1 saturated heterocycles. The molecule has 2 aliphatic rings. The van der Waals surface area contributed by atoms with E-state index in [1.54, 1.807) is 7.05 Å². The number of aromatic nitrogens is 2. The van der Waals surface area contributed by atoms with Crippen molar-refractivity contribution in [3.05, 3.63) is 71.5 Å². The molecule has 1 N–H and O–H groups in total. The minimum absolute atomic E-state index is 0.00647. The van der Waals surface area contributed by atoms with Gasteiger partial charge in [0.2, 0.25) is 0 Å². The summed E-state index contributed by atoms with van der Waals surface area (Å²) in [5.41, 5.74) is 2.91. The number of amides is 2. The molecule has 7 nitrogen and oxygen atoms in total. The van der Waals surface area contributed by atoms with E-state index in [4.69, 9.17) is 9.72 Å². The van der Waals surface area contributed by atoms with E-state index in [9.17, 15) is 9.59 Å². The fourth-order valence-corrected chi connectivity index (χ4v) is 5.17. The summed E-state index contributed by atoms with van der Waals surface area (Å²) in [5.74, 6) is 1.19. The van der Waals surface area contributed by atoms with Crippen molar-refractivity contribution in [3.8, 4) is 17.1 Å². The highest BCUT2D eigenvalue weighted by Gasteiger charge is 2.43. The first kappa shape index (κ1) is 21.2. The van der Waals surface area contributed by atoms with E-state index in [0.717, 1.165) is 29.9 Å². The molecular weight excluding hydrogens is 416 g/mol. The molecule has 0 aliphatic carbocycles. The highest BCUT2D eigenvalue weighted by molar-refractivity contribution is 5.98. The fourth-order valence-electron chi connectivity index (χ4n) is 5.17. The van der Waals surface area contributed by atoms with Crippen LogP contribution in [0.1, 0.15) is 46.3 Å². The Balaban J connectivity index is 1.56. The fraction of sp³-hybridized carbons (Fsp3) is 0.346. The van der Waals surface area contributed by atoms with Crippen molar-refractivity contribution in [1.29, 1.82) is 0 Å². The molecule has 0 radical (unpaired) electrons. The number of benzene rings is 2. The molecule has 3 heterocycles. The van der Waals surface area contributed by atoms with Gasteiger partial charge < -0.3 is 19.5 Å². The first-order chi connectivity index (χ1) is 16.1. The summed E-state index contributed by atoms with van der Waals surface area (Å²) >= 11 is 0. The van der Waals surface area contributed by atoms with Gasteiger partial charge in [-0.25, -0.2) is 4.98 Å². The Hall–Kier alpha value is -3.61. The molecule has 2 atom stereocenters. The first-order valence-electron chi connectivity index (χ1n) is 11.5. The number of carbonyl (C=O) groups excluding carboxylic acids is 2. The molecule has 0 saturated carbocycles. The average Bonchev–Trinajstić information content (AvgIpc) is 3.35. The normalized spacial score (nSPS) is 19.0. The van der Waals surface area contributed by atoms with Crippen LogP contribution in [-0.4, -0.2) is 52.0 Å². The number of nitrogens with zero attached hydrogens (tertiary/aromatic N) is 3. The molecule has 3 aromatic rings. The van der Waals surface area contributed by atoms with Crippen molar-refractivity contribution in [2.75, 3.05) is 13.7 Å². The summed E-state index contributed by atoms with van der Waals surface area (Å²) in [4.78, 5) is 33.3. The molecule has 33 heavy (non-hydrogen) atoms. The van der Waals surface area contributed by atoms with Crippen LogP contribution < -0.4 is 10.1 Å². The maximum Gasteiger partial charge on any atom is 0.271 e. The zero-order valence-electron chi connectivity index (χ0n) is 19.0. The predicted octanol–water partition coefficient (Wildman–Crippen LogP) is 3.54. The minimum Gasteiger partial charge on any atom is -0.493 e. The number of carbonyl (C=O) groups is 2. The van der Waals surface area contributed by atoms with Crippen molar-refractivity contribution >= 4 is 11.8 Å². The van der Waals surface area contributed by atoms with Crippen molar-refractivity contribution in [2.24, 2.45) is 0 Å². The minimum atomic E-state index is -0.196. The van der Waals surface area contributed by atoms with Gasteiger partial charge >= 0.3 is 0 Å². The third-order valence-corrected chi connectivity index (χ3v) is 6.64. The van der Waals surface area contributed by atoms with Crippen LogP contribution >= 0.6 is 0 Å². The molecule has 7 heteroatoms. The van der Waals surface area contributed by atoms with E-state index in [0.29, 0.717) is 36.6 Å². The van der Waals surface area contributed by atoms with E-state index in [1.165, 1.54) is 0 Å². The SMILES string of the molecule is CCOc1ccccc1C(=O)N1[C@@H]2CC[C@H]1Cc1c(C(=O)NC)nc(-c3ccccc3)n1C2. The monoisotopic (exact) mass is 444 g/mol. The van der Waals surface area contributed by atoms with Gasteiger partial charge in [0.15, 0.2) is 0 Å². The third-order valence-electron chi connectivity index (χ3n) is 6.64. The van der Waals surface area contributed by atoms with Crippen LogP contribution in [0, 0.1) is 0 Å². The van der Waals surface area contributed by atoms with Crippen LogP contribution in [0.4, 0.5) is 0 Å². The molecule has 2 bridgehead atoms. The van der Waals surface area contributed by atoms with Crippen molar-refractivity contribution in [2.45, 2.75) is 44.8 Å². The molecule has 170 valence electrons. The van der Waals surface area contributed by atoms with Gasteiger partial charge in [0, 0.05) is 31.6 Å². The van der Waals surface area contributed by atoms with Gasteiger partial charge in [-0.2, -0.15) is 0 Å². The summed E-state index contributed by atoms with van der Waals surface area (Å²) in [7, 11) is 1.62. The molecule has 1 aromatic heterocycles. The Kier molecular flexibility index (Phi) is 5.62. The number of ether oxygens (including phenoxy) is 1. The second-order valence-electron chi connectivity index (χ2n) is 8.52. The summed E-state index contributed by atoms with van der Waals surface area (Å²) < 4.78 is 7.90. The smallest absolute Gasteiger partial charge is 0.271 e. The van der Waals surface area contributed by atoms with Crippen LogP contribution in [0.15, 0.2) is 54.6 Å². The standard InChI is InChI=1S/C26H28N4O3/c1-3-33-22-12-8-7-11-20(22)26(32)30-18-13-14-19(30)16-29-21(15-18)23(25(31)27-2)28-24(29)17-9-5-4-6-10-17/h4-12,18-19H,3,13-16H2,1-2H3,(H,27,31)/t18-,19+/m0/s1. The van der Waals surface area contributed by atoms with Crippen molar-refractivity contribution in [1.82, 2.24) is 19.8 Å². The lowest BCUT2D eigenvalue weighted by Gasteiger charge is -2.29.